The highest BCUT2D eigenvalue weighted by Crippen LogP contribution is 2.33. The lowest BCUT2D eigenvalue weighted by atomic mass is 9.92. The van der Waals surface area contributed by atoms with Crippen molar-refractivity contribution in [2.24, 2.45) is 0 Å². The number of rotatable bonds is 3. The van der Waals surface area contributed by atoms with E-state index in [1.54, 1.807) is 36.4 Å². The standard InChI is InChI=1S/C21H23N3O4/c1-23-13-21(28-20(23)26)9-3-11-24(14-21)19(25)16-6-4-15(5-7-16)17-8-10-22-12-18(17)27-2/h4-8,10,12H,3,9,11,13-14H2,1-2H3. The molecule has 2 saturated heterocycles. The maximum atomic E-state index is 13.0. The van der Waals surface area contributed by atoms with Gasteiger partial charge in [-0.2, -0.15) is 0 Å². The number of likely N-dealkylation sites (tertiary alicyclic amines) is 1. The molecule has 2 fully saturated rings. The molecule has 2 aliphatic rings. The van der Waals surface area contributed by atoms with Crippen molar-refractivity contribution in [2.75, 3.05) is 33.8 Å². The number of hydrogen-bond donors (Lipinski definition) is 0. The third-order valence-electron chi connectivity index (χ3n) is 5.41. The highest BCUT2D eigenvalue weighted by atomic mass is 16.6. The zero-order valence-electron chi connectivity index (χ0n) is 16.1. The van der Waals surface area contributed by atoms with E-state index in [0.29, 0.717) is 30.9 Å². The third-order valence-corrected chi connectivity index (χ3v) is 5.41. The number of carbonyl (C=O) groups is 2. The number of methoxy groups -OCH3 is 1. The topological polar surface area (TPSA) is 72.0 Å². The van der Waals surface area contributed by atoms with Crippen LogP contribution in [0.5, 0.6) is 5.75 Å². The normalized spacial score (nSPS) is 21.7. The summed E-state index contributed by atoms with van der Waals surface area (Å²) in [6.45, 7) is 1.63. The summed E-state index contributed by atoms with van der Waals surface area (Å²) in [5.41, 5.74) is 1.92. The minimum atomic E-state index is -0.579. The number of nitrogens with zero attached hydrogens (tertiary/aromatic N) is 3. The lowest BCUT2D eigenvalue weighted by Crippen LogP contribution is -2.52. The molecule has 1 unspecified atom stereocenters. The van der Waals surface area contributed by atoms with E-state index < -0.39 is 5.60 Å². The predicted molar refractivity (Wildman–Crippen MR) is 103 cm³/mol. The molecule has 0 radical (unpaired) electrons. The Morgan fingerprint density at radius 1 is 1.21 bits per heavy atom. The highest BCUT2D eigenvalue weighted by molar-refractivity contribution is 5.95. The summed E-state index contributed by atoms with van der Waals surface area (Å²) in [6, 6.07) is 9.36. The number of piperidine rings is 1. The molecule has 1 aromatic heterocycles. The molecule has 2 aliphatic heterocycles. The van der Waals surface area contributed by atoms with Crippen LogP contribution >= 0.6 is 0 Å². The number of ether oxygens (including phenoxy) is 2. The fourth-order valence-electron chi connectivity index (χ4n) is 4.03. The van der Waals surface area contributed by atoms with Gasteiger partial charge in [0.15, 0.2) is 0 Å². The van der Waals surface area contributed by atoms with Crippen LogP contribution in [0.15, 0.2) is 42.7 Å². The fourth-order valence-corrected chi connectivity index (χ4v) is 4.03. The van der Waals surface area contributed by atoms with Crippen LogP contribution in [-0.2, 0) is 4.74 Å². The van der Waals surface area contributed by atoms with Crippen molar-refractivity contribution in [1.29, 1.82) is 0 Å². The summed E-state index contributed by atoms with van der Waals surface area (Å²) in [6.07, 6.45) is 4.67. The molecule has 0 saturated carbocycles. The summed E-state index contributed by atoms with van der Waals surface area (Å²) < 4.78 is 11.0. The van der Waals surface area contributed by atoms with Crippen LogP contribution in [0.1, 0.15) is 23.2 Å². The van der Waals surface area contributed by atoms with Crippen LogP contribution in [-0.4, -0.2) is 66.2 Å². The lowest BCUT2D eigenvalue weighted by molar-refractivity contribution is -0.00521. The average molecular weight is 381 g/mol. The van der Waals surface area contributed by atoms with Gasteiger partial charge in [-0.25, -0.2) is 4.79 Å². The monoisotopic (exact) mass is 381 g/mol. The molecule has 4 rings (SSSR count). The first kappa shape index (κ1) is 18.3. The van der Waals surface area contributed by atoms with Crippen LogP contribution in [0.3, 0.4) is 0 Å². The lowest BCUT2D eigenvalue weighted by Gasteiger charge is -2.38. The van der Waals surface area contributed by atoms with Gasteiger partial charge in [-0.15, -0.1) is 0 Å². The van der Waals surface area contributed by atoms with Crippen LogP contribution in [0.2, 0.25) is 0 Å². The van der Waals surface area contributed by atoms with Gasteiger partial charge in [0.2, 0.25) is 0 Å². The van der Waals surface area contributed by atoms with Crippen molar-refractivity contribution in [3.05, 3.63) is 48.3 Å². The Labute approximate surface area is 163 Å². The van der Waals surface area contributed by atoms with E-state index in [-0.39, 0.29) is 12.0 Å². The molecule has 0 N–H and O–H groups in total. The summed E-state index contributed by atoms with van der Waals surface area (Å²) in [4.78, 5) is 32.2. The van der Waals surface area contributed by atoms with Gasteiger partial charge in [-0.1, -0.05) is 12.1 Å². The van der Waals surface area contributed by atoms with Crippen LogP contribution in [0.25, 0.3) is 11.1 Å². The molecule has 2 amide bonds. The Morgan fingerprint density at radius 3 is 2.68 bits per heavy atom. The second-order valence-electron chi connectivity index (χ2n) is 7.39. The quantitative estimate of drug-likeness (QED) is 0.818. The molecule has 146 valence electrons. The first-order valence-electron chi connectivity index (χ1n) is 9.33. The zero-order chi connectivity index (χ0) is 19.7. The number of likely N-dealkylation sites (N-methyl/N-ethyl adjacent to an activating group) is 1. The van der Waals surface area contributed by atoms with Crippen LogP contribution in [0.4, 0.5) is 4.79 Å². The van der Waals surface area contributed by atoms with Gasteiger partial charge >= 0.3 is 6.09 Å². The first-order chi connectivity index (χ1) is 13.5. The summed E-state index contributed by atoms with van der Waals surface area (Å²) in [5, 5.41) is 0. The molecule has 28 heavy (non-hydrogen) atoms. The van der Waals surface area contributed by atoms with Crippen molar-refractivity contribution < 1.29 is 19.1 Å². The highest BCUT2D eigenvalue weighted by Gasteiger charge is 2.47. The minimum absolute atomic E-state index is 0.0436. The van der Waals surface area contributed by atoms with E-state index in [4.69, 9.17) is 9.47 Å². The number of carbonyl (C=O) groups excluding carboxylic acids is 2. The van der Waals surface area contributed by atoms with E-state index in [1.807, 2.05) is 30.3 Å². The number of benzene rings is 1. The molecule has 2 aromatic rings. The molecular weight excluding hydrogens is 358 g/mol. The van der Waals surface area contributed by atoms with Crippen LogP contribution in [0, 0.1) is 0 Å². The van der Waals surface area contributed by atoms with Crippen LogP contribution < -0.4 is 4.74 Å². The summed E-state index contributed by atoms with van der Waals surface area (Å²) >= 11 is 0. The molecule has 0 aliphatic carbocycles. The molecule has 7 nitrogen and oxygen atoms in total. The second-order valence-corrected chi connectivity index (χ2v) is 7.39. The number of aromatic nitrogens is 1. The Kier molecular flexibility index (Phi) is 4.66. The predicted octanol–water partition coefficient (Wildman–Crippen LogP) is 2.81. The van der Waals surface area contributed by atoms with Gasteiger partial charge < -0.3 is 19.3 Å². The van der Waals surface area contributed by atoms with Crippen molar-refractivity contribution >= 4 is 12.0 Å². The second kappa shape index (κ2) is 7.14. The number of pyridine rings is 1. The molecule has 3 heterocycles. The molecule has 7 heteroatoms. The Hall–Kier alpha value is -3.09. The van der Waals surface area contributed by atoms with E-state index in [2.05, 4.69) is 4.98 Å². The minimum Gasteiger partial charge on any atom is -0.494 e. The van der Waals surface area contributed by atoms with Gasteiger partial charge in [-0.05, 0) is 36.6 Å². The Bertz CT molecular complexity index is 899. The smallest absolute Gasteiger partial charge is 0.410 e. The van der Waals surface area contributed by atoms with E-state index in [9.17, 15) is 9.59 Å². The van der Waals surface area contributed by atoms with Crippen molar-refractivity contribution in [2.45, 2.75) is 18.4 Å². The van der Waals surface area contributed by atoms with Gasteiger partial charge in [0.05, 0.1) is 26.4 Å². The molecular formula is C21H23N3O4. The molecule has 1 spiro atoms. The number of hydrogen-bond acceptors (Lipinski definition) is 5. The van der Waals surface area contributed by atoms with E-state index in [0.717, 1.165) is 24.0 Å². The van der Waals surface area contributed by atoms with Crippen molar-refractivity contribution in [1.82, 2.24) is 14.8 Å². The SMILES string of the molecule is COc1cnccc1-c1ccc(C(=O)N2CCCC3(CN(C)C(=O)O3)C2)cc1. The molecule has 1 aromatic carbocycles. The van der Waals surface area contributed by atoms with E-state index in [1.165, 1.54) is 0 Å². The van der Waals surface area contributed by atoms with Gasteiger partial charge in [0, 0.05) is 30.9 Å². The van der Waals surface area contributed by atoms with Crippen molar-refractivity contribution in [3.63, 3.8) is 0 Å². The largest absolute Gasteiger partial charge is 0.494 e. The average Bonchev–Trinajstić information content (AvgIpc) is 2.99. The number of amides is 2. The first-order valence-corrected chi connectivity index (χ1v) is 9.33. The Morgan fingerprint density at radius 2 is 2.00 bits per heavy atom. The summed E-state index contributed by atoms with van der Waals surface area (Å²) in [5.74, 6) is 0.643. The van der Waals surface area contributed by atoms with Gasteiger partial charge in [-0.3, -0.25) is 9.78 Å². The Balaban J connectivity index is 1.51. The van der Waals surface area contributed by atoms with Gasteiger partial charge in [0.25, 0.3) is 5.91 Å². The summed E-state index contributed by atoms with van der Waals surface area (Å²) in [7, 11) is 3.34. The maximum absolute atomic E-state index is 13.0. The van der Waals surface area contributed by atoms with E-state index >= 15 is 0 Å². The fraction of sp³-hybridized carbons (Fsp3) is 0.381. The third kappa shape index (κ3) is 3.28. The molecule has 1 atom stereocenters. The maximum Gasteiger partial charge on any atom is 0.410 e. The zero-order valence-corrected chi connectivity index (χ0v) is 16.1. The van der Waals surface area contributed by atoms with Crippen molar-refractivity contribution in [3.8, 4) is 16.9 Å². The molecule has 0 bridgehead atoms. The van der Waals surface area contributed by atoms with Gasteiger partial charge in [0.1, 0.15) is 11.4 Å².